The van der Waals surface area contributed by atoms with Gasteiger partial charge in [-0.15, -0.1) is 0 Å². The number of aromatic nitrogens is 1. The highest BCUT2D eigenvalue weighted by atomic mass is 16.1. The van der Waals surface area contributed by atoms with Gasteiger partial charge in [-0.3, -0.25) is 9.78 Å². The molecule has 0 aliphatic heterocycles. The molecule has 0 spiro atoms. The Morgan fingerprint density at radius 3 is 2.75 bits per heavy atom. The predicted molar refractivity (Wildman–Crippen MR) is 78.4 cm³/mol. The van der Waals surface area contributed by atoms with Crippen molar-refractivity contribution in [3.8, 4) is 0 Å². The van der Waals surface area contributed by atoms with E-state index in [1.54, 1.807) is 6.20 Å². The third-order valence-electron chi connectivity index (χ3n) is 3.70. The van der Waals surface area contributed by atoms with Gasteiger partial charge in [0.2, 0.25) is 5.91 Å². The summed E-state index contributed by atoms with van der Waals surface area (Å²) in [5, 5.41) is 3.10. The van der Waals surface area contributed by atoms with E-state index in [2.05, 4.69) is 22.4 Å². The molecule has 102 valence electrons. The average Bonchev–Trinajstić information content (AvgIpc) is 3.21. The fourth-order valence-electron chi connectivity index (χ4n) is 2.47. The zero-order valence-corrected chi connectivity index (χ0v) is 11.5. The van der Waals surface area contributed by atoms with Crippen LogP contribution < -0.4 is 5.32 Å². The van der Waals surface area contributed by atoms with Gasteiger partial charge in [0.05, 0.1) is 6.42 Å². The molecule has 2 atom stereocenters. The molecule has 1 aliphatic carbocycles. The summed E-state index contributed by atoms with van der Waals surface area (Å²) in [6.45, 7) is 1.94. The molecule has 1 aromatic heterocycles. The van der Waals surface area contributed by atoms with Gasteiger partial charge in [-0.25, -0.2) is 0 Å². The first-order valence-corrected chi connectivity index (χ1v) is 6.98. The van der Waals surface area contributed by atoms with Crippen LogP contribution in [-0.4, -0.2) is 16.9 Å². The summed E-state index contributed by atoms with van der Waals surface area (Å²) in [6.07, 6.45) is 3.23. The first-order chi connectivity index (χ1) is 9.72. The number of amides is 1. The largest absolute Gasteiger partial charge is 0.352 e. The summed E-state index contributed by atoms with van der Waals surface area (Å²) in [6, 6.07) is 14.6. The minimum atomic E-state index is 0.0825. The van der Waals surface area contributed by atoms with E-state index in [0.717, 1.165) is 17.7 Å². The Balaban J connectivity index is 1.52. The van der Waals surface area contributed by atoms with Crippen molar-refractivity contribution in [2.45, 2.75) is 31.7 Å². The Morgan fingerprint density at radius 1 is 1.25 bits per heavy atom. The van der Waals surface area contributed by atoms with Gasteiger partial charge in [-0.2, -0.15) is 0 Å². The number of nitrogens with zero attached hydrogens (tertiary/aromatic N) is 1. The maximum absolute atomic E-state index is 12.0. The van der Waals surface area contributed by atoms with Crippen LogP contribution in [0, 0.1) is 6.92 Å². The molecule has 1 saturated carbocycles. The van der Waals surface area contributed by atoms with E-state index in [1.807, 2.05) is 37.3 Å². The molecule has 0 saturated heterocycles. The topological polar surface area (TPSA) is 42.0 Å². The highest BCUT2D eigenvalue weighted by Crippen LogP contribution is 2.40. The van der Waals surface area contributed by atoms with Crippen molar-refractivity contribution in [3.63, 3.8) is 0 Å². The van der Waals surface area contributed by atoms with Gasteiger partial charge in [0, 0.05) is 23.9 Å². The number of pyridine rings is 1. The predicted octanol–water partition coefficient (Wildman–Crippen LogP) is 2.60. The van der Waals surface area contributed by atoms with Crippen molar-refractivity contribution in [3.05, 3.63) is 65.5 Å². The Hall–Kier alpha value is -2.16. The highest BCUT2D eigenvalue weighted by molar-refractivity contribution is 5.79. The van der Waals surface area contributed by atoms with Crippen molar-refractivity contribution < 1.29 is 4.79 Å². The second-order valence-electron chi connectivity index (χ2n) is 5.41. The van der Waals surface area contributed by atoms with E-state index in [9.17, 15) is 4.79 Å². The van der Waals surface area contributed by atoms with Gasteiger partial charge in [0.1, 0.15) is 0 Å². The zero-order valence-electron chi connectivity index (χ0n) is 11.5. The molecule has 0 bridgehead atoms. The third-order valence-corrected chi connectivity index (χ3v) is 3.70. The minimum Gasteiger partial charge on any atom is -0.352 e. The van der Waals surface area contributed by atoms with E-state index in [4.69, 9.17) is 0 Å². The van der Waals surface area contributed by atoms with Gasteiger partial charge in [-0.05, 0) is 30.5 Å². The number of nitrogens with one attached hydrogen (secondary N) is 1. The lowest BCUT2D eigenvalue weighted by atomic mass is 10.1. The highest BCUT2D eigenvalue weighted by Gasteiger charge is 2.39. The van der Waals surface area contributed by atoms with Gasteiger partial charge in [-0.1, -0.05) is 36.4 Å². The Kier molecular flexibility index (Phi) is 3.50. The number of rotatable bonds is 4. The molecule has 3 nitrogen and oxygen atoms in total. The Bertz CT molecular complexity index is 592. The number of aryl methyl sites for hydroxylation is 1. The number of carbonyl (C=O) groups excluding carboxylic acids is 1. The van der Waals surface area contributed by atoms with Crippen LogP contribution in [0.3, 0.4) is 0 Å². The summed E-state index contributed by atoms with van der Waals surface area (Å²) < 4.78 is 0. The molecule has 1 amide bonds. The smallest absolute Gasteiger partial charge is 0.224 e. The van der Waals surface area contributed by atoms with E-state index in [1.165, 1.54) is 5.56 Å². The summed E-state index contributed by atoms with van der Waals surface area (Å²) in [7, 11) is 0. The van der Waals surface area contributed by atoms with Gasteiger partial charge in [0.25, 0.3) is 0 Å². The zero-order chi connectivity index (χ0) is 13.9. The molecule has 2 aromatic rings. The van der Waals surface area contributed by atoms with Crippen LogP contribution >= 0.6 is 0 Å². The van der Waals surface area contributed by atoms with Crippen LogP contribution in [0.4, 0.5) is 0 Å². The molecule has 1 aromatic carbocycles. The lowest BCUT2D eigenvalue weighted by Gasteiger charge is -2.05. The lowest BCUT2D eigenvalue weighted by molar-refractivity contribution is -0.120. The molecule has 1 N–H and O–H groups in total. The summed E-state index contributed by atoms with van der Waals surface area (Å²) >= 11 is 0. The van der Waals surface area contributed by atoms with Crippen LogP contribution in [0.15, 0.2) is 48.7 Å². The lowest BCUT2D eigenvalue weighted by Crippen LogP contribution is -2.28. The van der Waals surface area contributed by atoms with Crippen molar-refractivity contribution >= 4 is 5.91 Å². The first kappa shape index (κ1) is 12.9. The van der Waals surface area contributed by atoms with Crippen LogP contribution in [0.1, 0.15) is 29.2 Å². The van der Waals surface area contributed by atoms with E-state index >= 15 is 0 Å². The summed E-state index contributed by atoms with van der Waals surface area (Å²) in [5.41, 5.74) is 3.25. The molecular formula is C17H18N2O. The summed E-state index contributed by atoms with van der Waals surface area (Å²) in [5.74, 6) is 0.565. The fourth-order valence-corrected chi connectivity index (χ4v) is 2.47. The third kappa shape index (κ3) is 3.05. The van der Waals surface area contributed by atoms with Crippen LogP contribution in [0.25, 0.3) is 0 Å². The second-order valence-corrected chi connectivity index (χ2v) is 5.41. The normalized spacial score (nSPS) is 20.4. The van der Waals surface area contributed by atoms with Crippen molar-refractivity contribution in [2.24, 2.45) is 0 Å². The standard InChI is InChI=1S/C17H18N2O/c1-12-7-8-13(11-18-12)9-17(20)19-16-10-15(16)14-5-3-2-4-6-14/h2-8,11,15-16H,9-10H2,1H3,(H,19,20). The monoisotopic (exact) mass is 266 g/mol. The van der Waals surface area contributed by atoms with E-state index < -0.39 is 0 Å². The van der Waals surface area contributed by atoms with Crippen LogP contribution in [-0.2, 0) is 11.2 Å². The fraction of sp³-hybridized carbons (Fsp3) is 0.294. The second kappa shape index (κ2) is 5.45. The van der Waals surface area contributed by atoms with E-state index in [0.29, 0.717) is 18.4 Å². The molecule has 1 fully saturated rings. The van der Waals surface area contributed by atoms with Gasteiger partial charge in [0.15, 0.2) is 0 Å². The Labute approximate surface area is 119 Å². The maximum atomic E-state index is 12.0. The summed E-state index contributed by atoms with van der Waals surface area (Å²) in [4.78, 5) is 16.2. The maximum Gasteiger partial charge on any atom is 0.224 e. The van der Waals surface area contributed by atoms with Crippen molar-refractivity contribution in [1.82, 2.24) is 10.3 Å². The van der Waals surface area contributed by atoms with Crippen LogP contribution in [0.5, 0.6) is 0 Å². The molecular weight excluding hydrogens is 248 g/mol. The van der Waals surface area contributed by atoms with Crippen LogP contribution in [0.2, 0.25) is 0 Å². The molecule has 20 heavy (non-hydrogen) atoms. The Morgan fingerprint density at radius 2 is 2.05 bits per heavy atom. The molecule has 3 rings (SSSR count). The van der Waals surface area contributed by atoms with E-state index in [-0.39, 0.29) is 5.91 Å². The molecule has 0 radical (unpaired) electrons. The SMILES string of the molecule is Cc1ccc(CC(=O)NC2CC2c2ccccc2)cn1. The van der Waals surface area contributed by atoms with Crippen molar-refractivity contribution in [1.29, 1.82) is 0 Å². The van der Waals surface area contributed by atoms with Crippen molar-refractivity contribution in [2.75, 3.05) is 0 Å². The minimum absolute atomic E-state index is 0.0825. The number of hydrogen-bond donors (Lipinski definition) is 1. The van der Waals surface area contributed by atoms with Gasteiger partial charge >= 0.3 is 0 Å². The number of carbonyl (C=O) groups is 1. The molecule has 1 aliphatic rings. The first-order valence-electron chi connectivity index (χ1n) is 6.98. The quantitative estimate of drug-likeness (QED) is 0.924. The number of hydrogen-bond acceptors (Lipinski definition) is 2. The number of benzene rings is 1. The molecule has 3 heteroatoms. The average molecular weight is 266 g/mol. The molecule has 2 unspecified atom stereocenters. The van der Waals surface area contributed by atoms with Gasteiger partial charge < -0.3 is 5.32 Å². The molecule has 1 heterocycles.